The highest BCUT2D eigenvalue weighted by Gasteiger charge is 2.32. The van der Waals surface area contributed by atoms with Gasteiger partial charge in [-0.05, 0) is 17.5 Å². The van der Waals surface area contributed by atoms with Gasteiger partial charge < -0.3 is 9.80 Å². The Kier molecular flexibility index (Phi) is 5.49. The Bertz CT molecular complexity index is 715. The van der Waals surface area contributed by atoms with Gasteiger partial charge in [0.25, 0.3) is 0 Å². The van der Waals surface area contributed by atoms with E-state index in [1.165, 1.54) is 0 Å². The minimum atomic E-state index is -0.00145. The van der Waals surface area contributed by atoms with Crippen LogP contribution >= 0.6 is 0 Å². The molecule has 1 aliphatic heterocycles. The summed E-state index contributed by atoms with van der Waals surface area (Å²) in [4.78, 5) is 28.4. The summed E-state index contributed by atoms with van der Waals surface area (Å²) in [5, 5.41) is 0. The molecule has 0 N–H and O–H groups in total. The van der Waals surface area contributed by atoms with Gasteiger partial charge in [-0.1, -0.05) is 60.7 Å². The summed E-state index contributed by atoms with van der Waals surface area (Å²) in [5.74, 6) is 0.231. The van der Waals surface area contributed by atoms with Crippen molar-refractivity contribution >= 4 is 11.8 Å². The zero-order valence-electron chi connectivity index (χ0n) is 14.6. The van der Waals surface area contributed by atoms with E-state index in [1.54, 1.807) is 4.90 Å². The monoisotopic (exact) mass is 336 g/mol. The van der Waals surface area contributed by atoms with Gasteiger partial charge >= 0.3 is 0 Å². The van der Waals surface area contributed by atoms with E-state index in [-0.39, 0.29) is 17.9 Å². The molecule has 1 saturated heterocycles. The fraction of sp³-hybridized carbons (Fsp3) is 0.333. The standard InChI is InChI=1S/C21H24N2O2/c1-22(15-17-8-4-2-5-9-17)21(25)14-19-12-13-20(24)23(19)16-18-10-6-3-7-11-18/h2-11,19H,12-16H2,1H3. The third kappa shape index (κ3) is 4.47. The molecule has 2 aromatic rings. The third-order valence-electron chi connectivity index (χ3n) is 4.75. The first kappa shape index (κ1) is 17.2. The molecule has 3 rings (SSSR count). The fourth-order valence-corrected chi connectivity index (χ4v) is 3.31. The van der Waals surface area contributed by atoms with Gasteiger partial charge in [0, 0.05) is 39.0 Å². The van der Waals surface area contributed by atoms with Crippen molar-refractivity contribution in [2.24, 2.45) is 0 Å². The van der Waals surface area contributed by atoms with Gasteiger partial charge in [0.2, 0.25) is 11.8 Å². The lowest BCUT2D eigenvalue weighted by Gasteiger charge is -2.26. The van der Waals surface area contributed by atoms with E-state index in [4.69, 9.17) is 0 Å². The van der Waals surface area contributed by atoms with Crippen molar-refractivity contribution in [3.63, 3.8) is 0 Å². The molecule has 25 heavy (non-hydrogen) atoms. The van der Waals surface area contributed by atoms with Gasteiger partial charge in [0.15, 0.2) is 0 Å². The molecule has 1 aliphatic rings. The molecular weight excluding hydrogens is 312 g/mol. The molecule has 0 aromatic heterocycles. The van der Waals surface area contributed by atoms with Crippen LogP contribution in [0.3, 0.4) is 0 Å². The van der Waals surface area contributed by atoms with Crippen LogP contribution in [0.4, 0.5) is 0 Å². The maximum atomic E-state index is 12.6. The van der Waals surface area contributed by atoms with Crippen LogP contribution in [0.25, 0.3) is 0 Å². The lowest BCUT2D eigenvalue weighted by molar-refractivity contribution is -0.133. The summed E-state index contributed by atoms with van der Waals surface area (Å²) in [7, 11) is 1.83. The van der Waals surface area contributed by atoms with Crippen molar-refractivity contribution in [1.82, 2.24) is 9.80 Å². The maximum Gasteiger partial charge on any atom is 0.224 e. The highest BCUT2D eigenvalue weighted by molar-refractivity contribution is 5.82. The normalized spacial score (nSPS) is 16.9. The van der Waals surface area contributed by atoms with Gasteiger partial charge in [-0.3, -0.25) is 9.59 Å². The lowest BCUT2D eigenvalue weighted by Crippen LogP contribution is -2.37. The summed E-state index contributed by atoms with van der Waals surface area (Å²) in [5.41, 5.74) is 2.22. The van der Waals surface area contributed by atoms with Gasteiger partial charge in [-0.2, -0.15) is 0 Å². The molecular formula is C21H24N2O2. The van der Waals surface area contributed by atoms with E-state index in [0.29, 0.717) is 25.9 Å². The number of carbonyl (C=O) groups is 2. The molecule has 0 spiro atoms. The first-order valence-electron chi connectivity index (χ1n) is 8.75. The number of nitrogens with zero attached hydrogens (tertiary/aromatic N) is 2. The second kappa shape index (κ2) is 7.97. The van der Waals surface area contributed by atoms with Crippen molar-refractivity contribution in [3.05, 3.63) is 71.8 Å². The van der Waals surface area contributed by atoms with Crippen LogP contribution in [0.2, 0.25) is 0 Å². The van der Waals surface area contributed by atoms with Gasteiger partial charge in [-0.15, -0.1) is 0 Å². The summed E-state index contributed by atoms with van der Waals surface area (Å²) in [6, 6.07) is 19.9. The molecule has 0 bridgehead atoms. The number of benzene rings is 2. The van der Waals surface area contributed by atoms with Crippen molar-refractivity contribution in [3.8, 4) is 0 Å². The Hall–Kier alpha value is -2.62. The van der Waals surface area contributed by atoms with Gasteiger partial charge in [0.05, 0.1) is 0 Å². The van der Waals surface area contributed by atoms with Crippen LogP contribution in [0.1, 0.15) is 30.4 Å². The third-order valence-corrected chi connectivity index (χ3v) is 4.75. The predicted octanol–water partition coefficient (Wildman–Crippen LogP) is 3.23. The number of hydrogen-bond acceptors (Lipinski definition) is 2. The molecule has 0 radical (unpaired) electrons. The van der Waals surface area contributed by atoms with Gasteiger partial charge in [-0.25, -0.2) is 0 Å². The summed E-state index contributed by atoms with van der Waals surface area (Å²) in [6.45, 7) is 1.18. The smallest absolute Gasteiger partial charge is 0.224 e. The van der Waals surface area contributed by atoms with Crippen molar-refractivity contribution < 1.29 is 9.59 Å². The van der Waals surface area contributed by atoms with E-state index in [9.17, 15) is 9.59 Å². The molecule has 0 aliphatic carbocycles. The number of amides is 2. The topological polar surface area (TPSA) is 40.6 Å². The van der Waals surface area contributed by atoms with Crippen LogP contribution in [0.5, 0.6) is 0 Å². The largest absolute Gasteiger partial charge is 0.341 e. The Labute approximate surface area is 149 Å². The molecule has 1 unspecified atom stereocenters. The van der Waals surface area contributed by atoms with Crippen LogP contribution in [-0.4, -0.2) is 34.7 Å². The average molecular weight is 336 g/mol. The Morgan fingerprint density at radius 3 is 2.28 bits per heavy atom. The van der Waals surface area contributed by atoms with Crippen molar-refractivity contribution in [2.45, 2.75) is 38.4 Å². The first-order chi connectivity index (χ1) is 12.1. The molecule has 1 atom stereocenters. The van der Waals surface area contributed by atoms with E-state index >= 15 is 0 Å². The van der Waals surface area contributed by atoms with Crippen LogP contribution in [0, 0.1) is 0 Å². The Balaban J connectivity index is 1.60. The number of hydrogen-bond donors (Lipinski definition) is 0. The molecule has 130 valence electrons. The van der Waals surface area contributed by atoms with E-state index in [1.807, 2.05) is 72.6 Å². The molecule has 4 nitrogen and oxygen atoms in total. The SMILES string of the molecule is CN(Cc1ccccc1)C(=O)CC1CCC(=O)N1Cc1ccccc1. The highest BCUT2D eigenvalue weighted by atomic mass is 16.2. The summed E-state index contributed by atoms with van der Waals surface area (Å²) in [6.07, 6.45) is 1.69. The zero-order chi connectivity index (χ0) is 17.6. The summed E-state index contributed by atoms with van der Waals surface area (Å²) < 4.78 is 0. The van der Waals surface area contributed by atoms with Gasteiger partial charge in [0.1, 0.15) is 0 Å². The van der Waals surface area contributed by atoms with E-state index in [2.05, 4.69) is 0 Å². The van der Waals surface area contributed by atoms with Crippen LogP contribution in [0.15, 0.2) is 60.7 Å². The number of carbonyl (C=O) groups excluding carboxylic acids is 2. The molecule has 1 heterocycles. The fourth-order valence-electron chi connectivity index (χ4n) is 3.31. The molecule has 0 saturated carbocycles. The summed E-state index contributed by atoms with van der Waals surface area (Å²) >= 11 is 0. The Morgan fingerprint density at radius 2 is 1.64 bits per heavy atom. The van der Waals surface area contributed by atoms with E-state index in [0.717, 1.165) is 17.5 Å². The average Bonchev–Trinajstić information content (AvgIpc) is 2.97. The quantitative estimate of drug-likeness (QED) is 0.813. The molecule has 4 heteroatoms. The predicted molar refractivity (Wildman–Crippen MR) is 97.5 cm³/mol. The lowest BCUT2D eigenvalue weighted by atomic mass is 10.1. The highest BCUT2D eigenvalue weighted by Crippen LogP contribution is 2.24. The van der Waals surface area contributed by atoms with Crippen LogP contribution < -0.4 is 0 Å². The number of rotatable bonds is 6. The second-order valence-electron chi connectivity index (χ2n) is 6.64. The molecule has 1 fully saturated rings. The molecule has 2 aromatic carbocycles. The van der Waals surface area contributed by atoms with Crippen molar-refractivity contribution in [1.29, 1.82) is 0 Å². The van der Waals surface area contributed by atoms with Crippen LogP contribution in [-0.2, 0) is 22.7 Å². The minimum Gasteiger partial charge on any atom is -0.341 e. The number of likely N-dealkylation sites (tertiary alicyclic amines) is 1. The first-order valence-corrected chi connectivity index (χ1v) is 8.75. The second-order valence-corrected chi connectivity index (χ2v) is 6.64. The molecule has 2 amide bonds. The maximum absolute atomic E-state index is 12.6. The Morgan fingerprint density at radius 1 is 1.04 bits per heavy atom. The zero-order valence-corrected chi connectivity index (χ0v) is 14.6. The van der Waals surface area contributed by atoms with Crippen molar-refractivity contribution in [2.75, 3.05) is 7.05 Å². The van der Waals surface area contributed by atoms with E-state index < -0.39 is 0 Å². The minimum absolute atomic E-state index is 0.00145.